The minimum absolute atomic E-state index is 0.326. The molecule has 0 saturated carbocycles. The Kier molecular flexibility index (Phi) is 7.67. The van der Waals surface area contributed by atoms with Gasteiger partial charge < -0.3 is 64.5 Å². The molecule has 176 valence electrons. The van der Waals surface area contributed by atoms with E-state index in [1.807, 2.05) is 0 Å². The van der Waals surface area contributed by atoms with Gasteiger partial charge in [-0.05, 0) is 13.8 Å². The van der Waals surface area contributed by atoms with Crippen LogP contribution in [0.25, 0.3) is 0 Å². The molecule has 8 N–H and O–H groups in total. The van der Waals surface area contributed by atoms with E-state index in [9.17, 15) is 40.9 Å². The number of hydrogen-bond acceptors (Lipinski definition) is 13. The van der Waals surface area contributed by atoms with Gasteiger partial charge in [0.2, 0.25) is 0 Å². The van der Waals surface area contributed by atoms with Crippen molar-refractivity contribution in [2.45, 2.75) is 99.9 Å². The Morgan fingerprint density at radius 2 is 1.20 bits per heavy atom. The summed E-state index contributed by atoms with van der Waals surface area (Å²) in [6.45, 7) is 2.60. The van der Waals surface area contributed by atoms with E-state index in [1.54, 1.807) is 0 Å². The molecule has 13 nitrogen and oxygen atoms in total. The summed E-state index contributed by atoms with van der Waals surface area (Å²) >= 11 is 0. The Labute approximate surface area is 171 Å². The van der Waals surface area contributed by atoms with Crippen molar-refractivity contribution in [2.75, 3.05) is 6.61 Å². The van der Waals surface area contributed by atoms with Crippen LogP contribution in [0.3, 0.4) is 0 Å². The maximum absolute atomic E-state index is 10.4. The van der Waals surface area contributed by atoms with Crippen LogP contribution in [0.1, 0.15) is 13.8 Å². The molecule has 3 saturated heterocycles. The van der Waals surface area contributed by atoms with E-state index in [0.717, 1.165) is 0 Å². The van der Waals surface area contributed by atoms with Crippen molar-refractivity contribution >= 4 is 0 Å². The van der Waals surface area contributed by atoms with Gasteiger partial charge in [0.25, 0.3) is 0 Å². The van der Waals surface area contributed by atoms with Gasteiger partial charge in [0.15, 0.2) is 18.9 Å². The molecule has 0 aliphatic carbocycles. The summed E-state index contributed by atoms with van der Waals surface area (Å²) in [5.74, 6) is 0. The van der Waals surface area contributed by atoms with Gasteiger partial charge in [-0.1, -0.05) is 0 Å². The van der Waals surface area contributed by atoms with Crippen LogP contribution in [0.2, 0.25) is 0 Å². The highest BCUT2D eigenvalue weighted by Crippen LogP contribution is 2.31. The Bertz CT molecular complexity index is 566. The first-order valence-corrected chi connectivity index (χ1v) is 9.71. The second-order valence-corrected chi connectivity index (χ2v) is 7.86. The molecule has 30 heavy (non-hydrogen) atoms. The van der Waals surface area contributed by atoms with Crippen molar-refractivity contribution < 1.29 is 64.5 Å². The molecule has 0 amide bonds. The average Bonchev–Trinajstić information content (AvgIpc) is 2.70. The summed E-state index contributed by atoms with van der Waals surface area (Å²) in [5.41, 5.74) is 0. The van der Waals surface area contributed by atoms with E-state index in [0.29, 0.717) is 0 Å². The van der Waals surface area contributed by atoms with E-state index in [1.165, 1.54) is 13.8 Å². The Morgan fingerprint density at radius 3 is 1.87 bits per heavy atom. The molecule has 3 aliphatic rings. The Morgan fingerprint density at radius 1 is 0.600 bits per heavy atom. The van der Waals surface area contributed by atoms with E-state index < -0.39 is 86.0 Å². The first-order valence-electron chi connectivity index (χ1n) is 9.71. The number of rotatable bonds is 4. The van der Waals surface area contributed by atoms with Crippen molar-refractivity contribution in [3.05, 3.63) is 0 Å². The smallest absolute Gasteiger partial charge is 0.187 e. The van der Waals surface area contributed by atoms with Crippen LogP contribution in [0.15, 0.2) is 0 Å². The molecule has 0 aromatic rings. The lowest BCUT2D eigenvalue weighted by molar-refractivity contribution is -0.373. The Hall–Kier alpha value is -0.520. The molecule has 0 bridgehead atoms. The standard InChI is InChI=1S/C17H30O13/c1-4-7(19)9(21)11(23)17(28-4)30-14-12(24)15(25)27-5(2)13(14)29-16-10(22)8(20)6(18)3-26-16/h4-25H,3H2,1-2H3/t4-,5+,6-,7-,8+,9+,10-,11+,12+,13-,14+,15-,16+,17-/m1/s1. The lowest BCUT2D eigenvalue weighted by Gasteiger charge is -2.47. The van der Waals surface area contributed by atoms with Crippen LogP contribution in [0.5, 0.6) is 0 Å². The fourth-order valence-electron chi connectivity index (χ4n) is 3.68. The van der Waals surface area contributed by atoms with Crippen LogP contribution < -0.4 is 0 Å². The molecule has 0 spiro atoms. The number of ether oxygens (including phenoxy) is 5. The second kappa shape index (κ2) is 9.54. The number of aliphatic hydroxyl groups is 8. The van der Waals surface area contributed by atoms with Gasteiger partial charge in [0.05, 0.1) is 18.8 Å². The highest BCUT2D eigenvalue weighted by Gasteiger charge is 2.51. The van der Waals surface area contributed by atoms with Crippen molar-refractivity contribution in [3.8, 4) is 0 Å². The summed E-state index contributed by atoms with van der Waals surface area (Å²) in [6, 6.07) is 0. The van der Waals surface area contributed by atoms with Gasteiger partial charge in [0, 0.05) is 0 Å². The molecule has 0 unspecified atom stereocenters. The molecule has 0 aromatic heterocycles. The highest BCUT2D eigenvalue weighted by molar-refractivity contribution is 4.94. The topological polar surface area (TPSA) is 208 Å². The molecule has 3 rings (SSSR count). The second-order valence-electron chi connectivity index (χ2n) is 7.86. The largest absolute Gasteiger partial charge is 0.388 e. The third-order valence-electron chi connectivity index (χ3n) is 5.61. The minimum atomic E-state index is -1.68. The molecule has 13 heteroatoms. The normalized spacial score (nSPS) is 55.4. The maximum Gasteiger partial charge on any atom is 0.187 e. The van der Waals surface area contributed by atoms with E-state index >= 15 is 0 Å². The van der Waals surface area contributed by atoms with Crippen LogP contribution in [-0.2, 0) is 23.7 Å². The predicted molar refractivity (Wildman–Crippen MR) is 92.4 cm³/mol. The van der Waals surface area contributed by atoms with Gasteiger partial charge in [0.1, 0.15) is 54.9 Å². The Balaban J connectivity index is 1.76. The zero-order chi connectivity index (χ0) is 22.3. The fourth-order valence-corrected chi connectivity index (χ4v) is 3.68. The van der Waals surface area contributed by atoms with Crippen molar-refractivity contribution in [1.29, 1.82) is 0 Å². The fraction of sp³-hybridized carbons (Fsp3) is 1.00. The lowest BCUT2D eigenvalue weighted by Crippen LogP contribution is -2.65. The summed E-state index contributed by atoms with van der Waals surface area (Å²) in [4.78, 5) is 0. The third kappa shape index (κ3) is 4.63. The SMILES string of the molecule is C[C@@H]1O[C@@H](O)[C@@H](O)[C@H](O[C@H]2O[C@H](C)[C@@H](O)[C@H](O)[C@@H]2O)[C@@H]1O[C@@H]1OC[C@@H](O)[C@H](O)[C@H]1O. The van der Waals surface area contributed by atoms with E-state index in [4.69, 9.17) is 23.7 Å². The van der Waals surface area contributed by atoms with Gasteiger partial charge in [-0.25, -0.2) is 0 Å². The minimum Gasteiger partial charge on any atom is -0.388 e. The molecule has 3 aliphatic heterocycles. The third-order valence-corrected chi connectivity index (χ3v) is 5.61. The highest BCUT2D eigenvalue weighted by atomic mass is 16.7. The lowest BCUT2D eigenvalue weighted by atomic mass is 9.97. The molecular weight excluding hydrogens is 412 g/mol. The van der Waals surface area contributed by atoms with Crippen molar-refractivity contribution in [3.63, 3.8) is 0 Å². The zero-order valence-electron chi connectivity index (χ0n) is 16.4. The molecule has 3 heterocycles. The zero-order valence-corrected chi connectivity index (χ0v) is 16.4. The maximum atomic E-state index is 10.4. The monoisotopic (exact) mass is 442 g/mol. The van der Waals surface area contributed by atoms with E-state index in [-0.39, 0.29) is 6.61 Å². The average molecular weight is 442 g/mol. The van der Waals surface area contributed by atoms with Crippen LogP contribution >= 0.6 is 0 Å². The van der Waals surface area contributed by atoms with Gasteiger partial charge in [-0.2, -0.15) is 0 Å². The molecule has 0 radical (unpaired) electrons. The summed E-state index contributed by atoms with van der Waals surface area (Å²) < 4.78 is 27.0. The molecule has 3 fully saturated rings. The summed E-state index contributed by atoms with van der Waals surface area (Å²) in [5, 5.41) is 79.8. The van der Waals surface area contributed by atoms with Crippen LogP contribution in [-0.4, -0.2) is 133 Å². The molecule has 14 atom stereocenters. The first-order chi connectivity index (χ1) is 14.0. The van der Waals surface area contributed by atoms with Crippen molar-refractivity contribution in [2.24, 2.45) is 0 Å². The summed E-state index contributed by atoms with van der Waals surface area (Å²) in [7, 11) is 0. The van der Waals surface area contributed by atoms with Gasteiger partial charge in [-0.3, -0.25) is 0 Å². The molecular formula is C17H30O13. The van der Waals surface area contributed by atoms with Crippen molar-refractivity contribution in [1.82, 2.24) is 0 Å². The van der Waals surface area contributed by atoms with Crippen LogP contribution in [0.4, 0.5) is 0 Å². The summed E-state index contributed by atoms with van der Waals surface area (Å²) in [6.07, 6.45) is -19.8. The molecule has 0 aromatic carbocycles. The van der Waals surface area contributed by atoms with Gasteiger partial charge >= 0.3 is 0 Å². The number of hydrogen-bond donors (Lipinski definition) is 8. The van der Waals surface area contributed by atoms with E-state index in [2.05, 4.69) is 0 Å². The van der Waals surface area contributed by atoms with Gasteiger partial charge in [-0.15, -0.1) is 0 Å². The van der Waals surface area contributed by atoms with Crippen LogP contribution in [0, 0.1) is 0 Å². The quantitative estimate of drug-likeness (QED) is 0.206. The predicted octanol–water partition coefficient (Wildman–Crippen LogP) is -4.88. The number of aliphatic hydroxyl groups excluding tert-OH is 8. The first kappa shape index (κ1) is 24.1.